The van der Waals surface area contributed by atoms with E-state index in [4.69, 9.17) is 4.42 Å². The third kappa shape index (κ3) is 4.62. The molecule has 1 atom stereocenters. The Balaban J connectivity index is 2.09. The van der Waals surface area contributed by atoms with E-state index in [1.807, 2.05) is 0 Å². The van der Waals surface area contributed by atoms with Crippen LogP contribution in [0, 0.1) is 6.92 Å². The van der Waals surface area contributed by atoms with Gasteiger partial charge in [-0.15, -0.1) is 4.37 Å². The van der Waals surface area contributed by atoms with Crippen molar-refractivity contribution in [3.63, 3.8) is 0 Å². The van der Waals surface area contributed by atoms with Gasteiger partial charge in [0.05, 0.1) is 23.4 Å². The first-order valence-corrected chi connectivity index (χ1v) is 10.3. The minimum Gasteiger partial charge on any atom is -0.548 e. The molecule has 0 radical (unpaired) electrons. The number of phenols is 1. The summed E-state index contributed by atoms with van der Waals surface area (Å²) in [6.07, 6.45) is -4.86. The van der Waals surface area contributed by atoms with Crippen LogP contribution in [0.4, 0.5) is 24.7 Å². The van der Waals surface area contributed by atoms with Crippen LogP contribution in [0.15, 0.2) is 33.7 Å². The van der Waals surface area contributed by atoms with Crippen LogP contribution >= 0.6 is 11.1 Å². The number of hydrogen-bond acceptors (Lipinski definition) is 7. The van der Waals surface area contributed by atoms with Crippen LogP contribution in [0.1, 0.15) is 27.4 Å². The SMILES string of the molecule is Cc1ccc(CN=c2[nH][s+]([O-])nc2N(C)c2ccc(C(F)(F)F)c(C(=O)N(C)C)c2O)o1. The number of alkyl halides is 3. The molecule has 1 unspecified atom stereocenters. The van der Waals surface area contributed by atoms with E-state index < -0.39 is 40.1 Å². The molecule has 32 heavy (non-hydrogen) atoms. The number of furan rings is 1. The summed E-state index contributed by atoms with van der Waals surface area (Å²) >= 11 is -1.88. The highest BCUT2D eigenvalue weighted by Crippen LogP contribution is 2.42. The van der Waals surface area contributed by atoms with Crippen LogP contribution in [-0.2, 0) is 12.7 Å². The zero-order valence-corrected chi connectivity index (χ0v) is 18.3. The number of carbonyl (C=O) groups excluding carboxylic acids is 1. The maximum Gasteiger partial charge on any atom is 0.417 e. The van der Waals surface area contributed by atoms with E-state index in [0.29, 0.717) is 17.6 Å². The Morgan fingerprint density at radius 2 is 1.97 bits per heavy atom. The quantitative estimate of drug-likeness (QED) is 0.551. The van der Waals surface area contributed by atoms with Crippen molar-refractivity contribution in [3.05, 3.63) is 52.4 Å². The van der Waals surface area contributed by atoms with Crippen molar-refractivity contribution in [2.24, 2.45) is 4.99 Å². The number of halogens is 3. The second kappa shape index (κ2) is 8.67. The standard InChI is InChI=1S/C19H20F3N5O4S/c1-10-5-6-11(31-10)9-23-16-17(25-32(30)24-16)27(4)13-8-7-12(19(20,21)22)14(15(13)28)18(29)26(2)3/h5-8,28H,9H2,1-4H3,(H,23,24). The highest BCUT2D eigenvalue weighted by atomic mass is 32.2. The molecule has 13 heteroatoms. The number of benzene rings is 1. The molecule has 2 N–H and O–H groups in total. The number of nitrogens with one attached hydrogen (secondary N) is 1. The number of aryl methyl sites for hydroxylation is 1. The van der Waals surface area contributed by atoms with Crippen molar-refractivity contribution >= 4 is 28.6 Å². The highest BCUT2D eigenvalue weighted by Gasteiger charge is 2.38. The number of phenolic OH excluding ortho intramolecular Hbond substituents is 1. The second-order valence-corrected chi connectivity index (χ2v) is 7.94. The Morgan fingerprint density at radius 3 is 2.53 bits per heavy atom. The van der Waals surface area contributed by atoms with Gasteiger partial charge in [0.2, 0.25) is 11.3 Å². The fourth-order valence-electron chi connectivity index (χ4n) is 2.96. The van der Waals surface area contributed by atoms with Gasteiger partial charge in [-0.2, -0.15) is 13.2 Å². The maximum atomic E-state index is 13.5. The van der Waals surface area contributed by atoms with Gasteiger partial charge in [-0.25, -0.2) is 0 Å². The predicted octanol–water partition coefficient (Wildman–Crippen LogP) is 3.33. The highest BCUT2D eigenvalue weighted by molar-refractivity contribution is 7.14. The van der Waals surface area contributed by atoms with Crippen molar-refractivity contribution in [1.82, 2.24) is 13.6 Å². The molecule has 0 saturated carbocycles. The lowest BCUT2D eigenvalue weighted by molar-refractivity contribution is -0.138. The Labute approximate surface area is 183 Å². The van der Waals surface area contributed by atoms with Gasteiger partial charge in [0, 0.05) is 25.5 Å². The molecule has 1 amide bonds. The summed E-state index contributed by atoms with van der Waals surface area (Å²) in [5.41, 5.74) is -2.24. The van der Waals surface area contributed by atoms with Crippen LogP contribution in [0.3, 0.4) is 0 Å². The molecule has 172 valence electrons. The third-order valence-electron chi connectivity index (χ3n) is 4.52. The van der Waals surface area contributed by atoms with Gasteiger partial charge < -0.3 is 23.9 Å². The maximum absolute atomic E-state index is 13.5. The van der Waals surface area contributed by atoms with E-state index in [1.165, 1.54) is 26.0 Å². The molecule has 0 saturated heterocycles. The number of carbonyl (C=O) groups is 1. The molecular weight excluding hydrogens is 451 g/mol. The van der Waals surface area contributed by atoms with E-state index in [0.717, 1.165) is 11.0 Å². The fourth-order valence-corrected chi connectivity index (χ4v) is 3.70. The van der Waals surface area contributed by atoms with Gasteiger partial charge in [0.1, 0.15) is 11.5 Å². The zero-order chi connectivity index (χ0) is 23.8. The van der Waals surface area contributed by atoms with E-state index >= 15 is 0 Å². The number of anilines is 2. The lowest BCUT2D eigenvalue weighted by Crippen LogP contribution is -2.26. The number of amides is 1. The summed E-state index contributed by atoms with van der Waals surface area (Å²) in [4.78, 5) is 18.8. The van der Waals surface area contributed by atoms with Gasteiger partial charge >= 0.3 is 6.18 Å². The summed E-state index contributed by atoms with van der Waals surface area (Å²) in [5.74, 6) is -0.691. The number of aromatic hydroxyl groups is 1. The van der Waals surface area contributed by atoms with E-state index in [2.05, 4.69) is 13.7 Å². The molecule has 3 rings (SSSR count). The van der Waals surface area contributed by atoms with Gasteiger partial charge in [-0.1, -0.05) is 0 Å². The van der Waals surface area contributed by atoms with Crippen LogP contribution in [-0.4, -0.2) is 50.4 Å². The van der Waals surface area contributed by atoms with Crippen LogP contribution in [0.25, 0.3) is 0 Å². The zero-order valence-electron chi connectivity index (χ0n) is 17.5. The molecule has 1 aromatic carbocycles. The summed E-state index contributed by atoms with van der Waals surface area (Å²) in [5, 5.41) is 10.7. The topological polar surface area (TPSA) is 121 Å². The normalized spacial score (nSPS) is 12.9. The van der Waals surface area contributed by atoms with E-state index in [9.17, 15) is 27.6 Å². The molecule has 0 spiro atoms. The fraction of sp³-hybridized carbons (Fsp3) is 0.316. The minimum atomic E-state index is -4.86. The molecule has 2 heterocycles. The first-order valence-electron chi connectivity index (χ1n) is 9.16. The van der Waals surface area contributed by atoms with Crippen molar-refractivity contribution in [2.75, 3.05) is 26.0 Å². The van der Waals surface area contributed by atoms with Gasteiger partial charge in [0.15, 0.2) is 16.9 Å². The number of aromatic amines is 1. The largest absolute Gasteiger partial charge is 0.548 e. The molecule has 0 fully saturated rings. The number of nitrogens with zero attached hydrogens (tertiary/aromatic N) is 4. The number of aromatic nitrogens is 2. The molecule has 0 aliphatic carbocycles. The molecule has 2 aromatic heterocycles. The van der Waals surface area contributed by atoms with Gasteiger partial charge in [0.25, 0.3) is 5.91 Å². The number of H-pyrrole nitrogens is 1. The molecule has 0 aliphatic heterocycles. The molecule has 0 bridgehead atoms. The summed E-state index contributed by atoms with van der Waals surface area (Å²) in [7, 11) is 3.93. The van der Waals surface area contributed by atoms with Gasteiger partial charge in [-0.3, -0.25) is 9.79 Å². The molecule has 3 aromatic rings. The average Bonchev–Trinajstić information content (AvgIpc) is 3.29. The third-order valence-corrected chi connectivity index (χ3v) is 5.22. The van der Waals surface area contributed by atoms with Gasteiger partial charge in [-0.05, 0) is 31.2 Å². The average molecular weight is 471 g/mol. The molecular formula is C19H20F3N5O4S. The van der Waals surface area contributed by atoms with Crippen molar-refractivity contribution < 1.29 is 32.0 Å². The Morgan fingerprint density at radius 1 is 1.28 bits per heavy atom. The monoisotopic (exact) mass is 471 g/mol. The minimum absolute atomic E-state index is 0.00456. The Kier molecular flexibility index (Phi) is 6.32. The second-order valence-electron chi connectivity index (χ2n) is 7.06. The number of rotatable bonds is 5. The van der Waals surface area contributed by atoms with Crippen molar-refractivity contribution in [3.8, 4) is 5.75 Å². The van der Waals surface area contributed by atoms with E-state index in [-0.39, 0.29) is 23.5 Å². The van der Waals surface area contributed by atoms with Crippen molar-refractivity contribution in [2.45, 2.75) is 19.6 Å². The summed E-state index contributed by atoms with van der Waals surface area (Å²) in [6, 6.07) is 5.17. The lowest BCUT2D eigenvalue weighted by atomic mass is 10.0. The summed E-state index contributed by atoms with van der Waals surface area (Å²) in [6.45, 7) is 1.85. The molecule has 0 aliphatic rings. The first kappa shape index (κ1) is 23.3. The Hall–Kier alpha value is -3.32. The smallest absolute Gasteiger partial charge is 0.417 e. The molecule has 9 nitrogen and oxygen atoms in total. The Bertz CT molecular complexity index is 1210. The predicted molar refractivity (Wildman–Crippen MR) is 109 cm³/mol. The lowest BCUT2D eigenvalue weighted by Gasteiger charge is -2.22. The van der Waals surface area contributed by atoms with Crippen LogP contribution in [0.5, 0.6) is 5.75 Å². The van der Waals surface area contributed by atoms with Crippen LogP contribution < -0.4 is 10.4 Å². The van der Waals surface area contributed by atoms with Crippen LogP contribution in [0.2, 0.25) is 0 Å². The van der Waals surface area contributed by atoms with E-state index in [1.54, 1.807) is 19.1 Å². The first-order chi connectivity index (χ1) is 14.9. The van der Waals surface area contributed by atoms with Crippen molar-refractivity contribution in [1.29, 1.82) is 0 Å². The number of hydrogen-bond donors (Lipinski definition) is 2. The summed E-state index contributed by atoms with van der Waals surface area (Å²) < 4.78 is 64.2.